The molecule has 0 bridgehead atoms. The number of carbonyl (C=O) groups excluding carboxylic acids is 1. The van der Waals surface area contributed by atoms with E-state index in [-0.39, 0.29) is 11.7 Å². The van der Waals surface area contributed by atoms with Crippen LogP contribution in [0.4, 0.5) is 0 Å². The molecule has 4 heteroatoms. The first-order valence-electron chi connectivity index (χ1n) is 4.68. The van der Waals surface area contributed by atoms with Crippen LogP contribution in [-0.2, 0) is 11.3 Å². The Bertz CT molecular complexity index is 352. The van der Waals surface area contributed by atoms with Crippen molar-refractivity contribution in [2.45, 2.75) is 13.5 Å². The predicted octanol–water partition coefficient (Wildman–Crippen LogP) is 1.55. The minimum Gasteiger partial charge on any atom is -0.496 e. The van der Waals surface area contributed by atoms with Gasteiger partial charge < -0.3 is 10.1 Å². The molecule has 0 radical (unpaired) electrons. The fourth-order valence-corrected chi connectivity index (χ4v) is 1.42. The number of aryl methyl sites for hydroxylation is 1. The Balaban J connectivity index is 2.63. The molecule has 0 unspecified atom stereocenters. The summed E-state index contributed by atoms with van der Waals surface area (Å²) < 4.78 is 5.15. The van der Waals surface area contributed by atoms with E-state index >= 15 is 0 Å². The molecule has 82 valence electrons. The molecule has 0 heterocycles. The standard InChI is InChI=1S/C11H15NO2S/c1-8-5-9(3-4-10(8)14-2)6-12-11(13)7-15/h3-5,15H,6-7H2,1-2H3,(H,12,13). The number of methoxy groups -OCH3 is 1. The fraction of sp³-hybridized carbons (Fsp3) is 0.364. The number of amides is 1. The second kappa shape index (κ2) is 5.66. The van der Waals surface area contributed by atoms with E-state index in [1.807, 2.05) is 25.1 Å². The highest BCUT2D eigenvalue weighted by atomic mass is 32.1. The van der Waals surface area contributed by atoms with Crippen molar-refractivity contribution in [1.82, 2.24) is 5.32 Å². The maximum atomic E-state index is 11.0. The van der Waals surface area contributed by atoms with Gasteiger partial charge in [0.1, 0.15) is 5.75 Å². The molecule has 0 fully saturated rings. The van der Waals surface area contributed by atoms with Crippen molar-refractivity contribution in [3.05, 3.63) is 29.3 Å². The Morgan fingerprint density at radius 2 is 2.27 bits per heavy atom. The average molecular weight is 225 g/mol. The van der Waals surface area contributed by atoms with Gasteiger partial charge in [0.15, 0.2) is 0 Å². The maximum Gasteiger partial charge on any atom is 0.229 e. The molecule has 15 heavy (non-hydrogen) atoms. The highest BCUT2D eigenvalue weighted by Gasteiger charge is 2.01. The van der Waals surface area contributed by atoms with Crippen LogP contribution in [0.25, 0.3) is 0 Å². The highest BCUT2D eigenvalue weighted by molar-refractivity contribution is 7.81. The Kier molecular flexibility index (Phi) is 4.49. The van der Waals surface area contributed by atoms with Gasteiger partial charge in [-0.3, -0.25) is 4.79 Å². The molecule has 0 aromatic heterocycles. The van der Waals surface area contributed by atoms with Crippen LogP contribution in [0.5, 0.6) is 5.75 Å². The first kappa shape index (κ1) is 11.9. The Morgan fingerprint density at radius 1 is 1.53 bits per heavy atom. The average Bonchev–Trinajstić information content (AvgIpc) is 2.26. The van der Waals surface area contributed by atoms with Gasteiger partial charge in [0.05, 0.1) is 12.9 Å². The smallest absolute Gasteiger partial charge is 0.229 e. The summed E-state index contributed by atoms with van der Waals surface area (Å²) >= 11 is 3.88. The van der Waals surface area contributed by atoms with Gasteiger partial charge in [-0.05, 0) is 24.1 Å². The van der Waals surface area contributed by atoms with E-state index in [4.69, 9.17) is 4.74 Å². The lowest BCUT2D eigenvalue weighted by Crippen LogP contribution is -2.23. The van der Waals surface area contributed by atoms with E-state index in [0.717, 1.165) is 16.9 Å². The third kappa shape index (κ3) is 3.47. The predicted molar refractivity (Wildman–Crippen MR) is 63.4 cm³/mol. The van der Waals surface area contributed by atoms with Crippen LogP contribution < -0.4 is 10.1 Å². The molecule has 0 aliphatic heterocycles. The van der Waals surface area contributed by atoms with Crippen molar-refractivity contribution < 1.29 is 9.53 Å². The van der Waals surface area contributed by atoms with Crippen LogP contribution in [0, 0.1) is 6.92 Å². The molecule has 0 saturated carbocycles. The summed E-state index contributed by atoms with van der Waals surface area (Å²) in [5.74, 6) is 1.01. The molecule has 1 amide bonds. The third-order valence-corrected chi connectivity index (χ3v) is 2.38. The molecule has 1 rings (SSSR count). The first-order valence-corrected chi connectivity index (χ1v) is 5.31. The third-order valence-electron chi connectivity index (χ3n) is 2.09. The van der Waals surface area contributed by atoms with Gasteiger partial charge in [0.25, 0.3) is 0 Å². The van der Waals surface area contributed by atoms with Gasteiger partial charge >= 0.3 is 0 Å². The quantitative estimate of drug-likeness (QED) is 0.763. The number of thiol groups is 1. The minimum atomic E-state index is -0.0631. The van der Waals surface area contributed by atoms with Crippen molar-refractivity contribution in [1.29, 1.82) is 0 Å². The Hall–Kier alpha value is -1.16. The van der Waals surface area contributed by atoms with Crippen molar-refractivity contribution in [2.75, 3.05) is 12.9 Å². The highest BCUT2D eigenvalue weighted by Crippen LogP contribution is 2.18. The molecule has 0 saturated heterocycles. The zero-order valence-corrected chi connectivity index (χ0v) is 9.80. The minimum absolute atomic E-state index is 0.0631. The molecule has 1 N–H and O–H groups in total. The number of hydrogen-bond acceptors (Lipinski definition) is 3. The van der Waals surface area contributed by atoms with Crippen LogP contribution in [0.3, 0.4) is 0 Å². The van der Waals surface area contributed by atoms with Crippen LogP contribution in [0.1, 0.15) is 11.1 Å². The lowest BCUT2D eigenvalue weighted by atomic mass is 10.1. The maximum absolute atomic E-state index is 11.0. The summed E-state index contributed by atoms with van der Waals surface area (Å²) in [6.45, 7) is 2.51. The number of hydrogen-bond donors (Lipinski definition) is 2. The van der Waals surface area contributed by atoms with Crippen molar-refractivity contribution >= 4 is 18.5 Å². The van der Waals surface area contributed by atoms with E-state index in [0.29, 0.717) is 6.54 Å². The SMILES string of the molecule is COc1ccc(CNC(=O)CS)cc1C. The number of rotatable bonds is 4. The zero-order valence-electron chi connectivity index (χ0n) is 8.91. The van der Waals surface area contributed by atoms with Crippen LogP contribution in [-0.4, -0.2) is 18.8 Å². The summed E-state index contributed by atoms with van der Waals surface area (Å²) in [6.07, 6.45) is 0. The van der Waals surface area contributed by atoms with Gasteiger partial charge in [0.2, 0.25) is 5.91 Å². The largest absolute Gasteiger partial charge is 0.496 e. The van der Waals surface area contributed by atoms with E-state index in [1.54, 1.807) is 7.11 Å². The first-order chi connectivity index (χ1) is 7.17. The van der Waals surface area contributed by atoms with Gasteiger partial charge in [-0.25, -0.2) is 0 Å². The zero-order chi connectivity index (χ0) is 11.3. The molecule has 3 nitrogen and oxygen atoms in total. The molecular weight excluding hydrogens is 210 g/mol. The second-order valence-corrected chi connectivity index (χ2v) is 3.56. The number of benzene rings is 1. The van der Waals surface area contributed by atoms with Crippen LogP contribution in [0.2, 0.25) is 0 Å². The van der Waals surface area contributed by atoms with Gasteiger partial charge in [-0.15, -0.1) is 0 Å². The molecular formula is C11H15NO2S. The number of nitrogens with one attached hydrogen (secondary N) is 1. The molecule has 0 aliphatic carbocycles. The summed E-state index contributed by atoms with van der Waals surface area (Å²) in [4.78, 5) is 11.0. The second-order valence-electron chi connectivity index (χ2n) is 3.24. The van der Waals surface area contributed by atoms with Gasteiger partial charge in [-0.1, -0.05) is 12.1 Å². The molecule has 0 atom stereocenters. The number of ether oxygens (including phenoxy) is 1. The van der Waals surface area contributed by atoms with Crippen molar-refractivity contribution in [2.24, 2.45) is 0 Å². The monoisotopic (exact) mass is 225 g/mol. The summed E-state index contributed by atoms with van der Waals surface area (Å²) in [5, 5.41) is 2.76. The molecule has 0 aliphatic rings. The molecule has 1 aromatic carbocycles. The molecule has 1 aromatic rings. The Labute approximate surface area is 95.2 Å². The normalized spacial score (nSPS) is 9.80. The summed E-state index contributed by atoms with van der Waals surface area (Å²) in [7, 11) is 1.64. The topological polar surface area (TPSA) is 38.3 Å². The van der Waals surface area contributed by atoms with Crippen LogP contribution >= 0.6 is 12.6 Å². The number of carbonyl (C=O) groups is 1. The lowest BCUT2D eigenvalue weighted by Gasteiger charge is -2.08. The van der Waals surface area contributed by atoms with E-state index in [1.165, 1.54) is 0 Å². The van der Waals surface area contributed by atoms with E-state index in [9.17, 15) is 4.79 Å². The summed E-state index contributed by atoms with van der Waals surface area (Å²) in [5.41, 5.74) is 2.12. The van der Waals surface area contributed by atoms with Gasteiger partial charge in [0, 0.05) is 6.54 Å². The molecule has 0 spiro atoms. The van der Waals surface area contributed by atoms with Gasteiger partial charge in [-0.2, -0.15) is 12.6 Å². The van der Waals surface area contributed by atoms with Crippen molar-refractivity contribution in [3.8, 4) is 5.75 Å². The fourth-order valence-electron chi connectivity index (χ4n) is 1.31. The summed E-state index contributed by atoms with van der Waals surface area (Å²) in [6, 6.07) is 5.83. The lowest BCUT2D eigenvalue weighted by molar-refractivity contribution is -0.118. The van der Waals surface area contributed by atoms with E-state index in [2.05, 4.69) is 17.9 Å². The van der Waals surface area contributed by atoms with Crippen LogP contribution in [0.15, 0.2) is 18.2 Å². The Morgan fingerprint density at radius 3 is 2.80 bits per heavy atom. The van der Waals surface area contributed by atoms with Crippen molar-refractivity contribution in [3.63, 3.8) is 0 Å². The van der Waals surface area contributed by atoms with E-state index < -0.39 is 0 Å².